The van der Waals surface area contributed by atoms with Crippen LogP contribution in [0.2, 0.25) is 0 Å². The average molecular weight is 292 g/mol. The Balaban J connectivity index is 1.87. The number of thioether (sulfide) groups is 1. The molecule has 20 heavy (non-hydrogen) atoms. The third-order valence-electron chi connectivity index (χ3n) is 4.15. The van der Waals surface area contributed by atoms with Crippen molar-refractivity contribution in [2.45, 2.75) is 75.0 Å². The second-order valence-electron chi connectivity index (χ2n) is 5.88. The minimum absolute atomic E-state index is 0.684. The Bertz CT molecular complexity index is 366. The van der Waals surface area contributed by atoms with Gasteiger partial charge in [0.1, 0.15) is 0 Å². The molecule has 1 aliphatic rings. The number of nitrogens with one attached hydrogen (secondary N) is 1. The van der Waals surface area contributed by atoms with E-state index >= 15 is 0 Å². The summed E-state index contributed by atoms with van der Waals surface area (Å²) in [4.78, 5) is 1.51. The van der Waals surface area contributed by atoms with Gasteiger partial charge in [0, 0.05) is 16.2 Å². The molecule has 1 aromatic carbocycles. The molecule has 2 atom stereocenters. The predicted octanol–water partition coefficient (Wildman–Crippen LogP) is 5.04. The van der Waals surface area contributed by atoms with E-state index in [0.717, 1.165) is 11.8 Å². The van der Waals surface area contributed by atoms with Crippen LogP contribution in [0.1, 0.15) is 57.9 Å². The van der Waals surface area contributed by atoms with E-state index in [1.54, 1.807) is 5.56 Å². The Morgan fingerprint density at radius 2 is 2.00 bits per heavy atom. The summed E-state index contributed by atoms with van der Waals surface area (Å²) in [5, 5.41) is 4.54. The summed E-state index contributed by atoms with van der Waals surface area (Å²) in [5.74, 6) is 0. The topological polar surface area (TPSA) is 12.0 Å². The molecule has 112 valence electrons. The van der Waals surface area contributed by atoms with Gasteiger partial charge < -0.3 is 5.32 Å². The first-order valence-corrected chi connectivity index (χ1v) is 9.21. The summed E-state index contributed by atoms with van der Waals surface area (Å²) in [6.07, 6.45) is 9.31. The van der Waals surface area contributed by atoms with Gasteiger partial charge in [-0.25, -0.2) is 0 Å². The molecule has 1 nitrogen and oxygen atoms in total. The Hall–Kier alpha value is -0.470. The van der Waals surface area contributed by atoms with E-state index in [1.165, 1.54) is 49.8 Å². The highest BCUT2D eigenvalue weighted by Crippen LogP contribution is 2.39. The highest BCUT2D eigenvalue weighted by molar-refractivity contribution is 8.00. The van der Waals surface area contributed by atoms with Gasteiger partial charge in [-0.05, 0) is 37.4 Å². The van der Waals surface area contributed by atoms with Crippen molar-refractivity contribution in [3.8, 4) is 0 Å². The average Bonchev–Trinajstić information content (AvgIpc) is 2.90. The molecule has 0 fully saturated rings. The maximum absolute atomic E-state index is 3.80. The highest BCUT2D eigenvalue weighted by Gasteiger charge is 2.28. The fourth-order valence-electron chi connectivity index (χ4n) is 2.97. The predicted molar refractivity (Wildman–Crippen MR) is 90.6 cm³/mol. The fraction of sp³-hybridized carbons (Fsp3) is 0.667. The third kappa shape index (κ3) is 4.53. The summed E-state index contributed by atoms with van der Waals surface area (Å²) < 4.78 is 0. The van der Waals surface area contributed by atoms with E-state index in [4.69, 9.17) is 0 Å². The lowest BCUT2D eigenvalue weighted by molar-refractivity contribution is 0.443. The van der Waals surface area contributed by atoms with Crippen molar-refractivity contribution in [1.82, 2.24) is 5.32 Å². The smallest absolute Gasteiger partial charge is 0.0289 e. The van der Waals surface area contributed by atoms with Crippen LogP contribution in [0.25, 0.3) is 0 Å². The molecule has 0 aromatic heterocycles. The van der Waals surface area contributed by atoms with Crippen LogP contribution in [0.15, 0.2) is 29.2 Å². The van der Waals surface area contributed by atoms with Gasteiger partial charge in [-0.1, -0.05) is 57.7 Å². The van der Waals surface area contributed by atoms with Crippen LogP contribution in [0, 0.1) is 0 Å². The molecule has 0 aliphatic carbocycles. The van der Waals surface area contributed by atoms with Crippen molar-refractivity contribution in [1.29, 1.82) is 0 Å². The maximum Gasteiger partial charge on any atom is 0.0289 e. The molecule has 1 aromatic rings. The van der Waals surface area contributed by atoms with Gasteiger partial charge in [0.05, 0.1) is 0 Å². The lowest BCUT2D eigenvalue weighted by Gasteiger charge is -2.24. The van der Waals surface area contributed by atoms with E-state index in [9.17, 15) is 0 Å². The van der Waals surface area contributed by atoms with E-state index in [1.807, 2.05) is 0 Å². The summed E-state index contributed by atoms with van der Waals surface area (Å²) in [7, 11) is 0. The highest BCUT2D eigenvalue weighted by atomic mass is 32.2. The van der Waals surface area contributed by atoms with Crippen molar-refractivity contribution in [3.05, 3.63) is 29.8 Å². The van der Waals surface area contributed by atoms with Gasteiger partial charge in [-0.2, -0.15) is 0 Å². The minimum atomic E-state index is 0.684. The molecule has 0 saturated heterocycles. The van der Waals surface area contributed by atoms with E-state index in [-0.39, 0.29) is 0 Å². The molecule has 1 N–H and O–H groups in total. The zero-order chi connectivity index (χ0) is 14.2. The standard InChI is InChI=1S/C18H29NS/c1-3-5-6-7-11-16(19-13-4-2)18-14-15-10-8-9-12-17(15)20-18/h8-10,12,16,18-19H,3-7,11,13-14H2,1-2H3. The Labute approximate surface area is 128 Å². The van der Waals surface area contributed by atoms with Crippen LogP contribution in [0.4, 0.5) is 0 Å². The Morgan fingerprint density at radius 1 is 1.15 bits per heavy atom. The van der Waals surface area contributed by atoms with Crippen LogP contribution in [-0.4, -0.2) is 17.8 Å². The molecule has 0 spiro atoms. The maximum atomic E-state index is 3.80. The lowest BCUT2D eigenvalue weighted by atomic mass is 9.99. The quantitative estimate of drug-likeness (QED) is 0.640. The number of unbranched alkanes of at least 4 members (excludes halogenated alkanes) is 3. The van der Waals surface area contributed by atoms with E-state index < -0.39 is 0 Å². The number of hydrogen-bond acceptors (Lipinski definition) is 2. The number of rotatable bonds is 9. The zero-order valence-electron chi connectivity index (χ0n) is 13.0. The van der Waals surface area contributed by atoms with E-state index in [2.05, 4.69) is 55.2 Å². The molecule has 0 bridgehead atoms. The van der Waals surface area contributed by atoms with Crippen molar-refractivity contribution in [3.63, 3.8) is 0 Å². The SMILES string of the molecule is CCCCCCC(NCCC)C1Cc2ccccc2S1. The van der Waals surface area contributed by atoms with Gasteiger partial charge in [0.25, 0.3) is 0 Å². The number of fused-ring (bicyclic) bond motifs is 1. The second kappa shape index (κ2) is 8.74. The number of hydrogen-bond donors (Lipinski definition) is 1. The Kier molecular flexibility index (Phi) is 6.95. The molecular weight excluding hydrogens is 262 g/mol. The van der Waals surface area contributed by atoms with Crippen LogP contribution in [0.3, 0.4) is 0 Å². The minimum Gasteiger partial charge on any atom is -0.313 e. The van der Waals surface area contributed by atoms with Gasteiger partial charge in [-0.15, -0.1) is 11.8 Å². The van der Waals surface area contributed by atoms with Crippen LogP contribution in [-0.2, 0) is 6.42 Å². The summed E-state index contributed by atoms with van der Waals surface area (Å²) >= 11 is 2.10. The molecule has 1 aliphatic heterocycles. The summed E-state index contributed by atoms with van der Waals surface area (Å²) in [6.45, 7) is 5.71. The Morgan fingerprint density at radius 3 is 2.75 bits per heavy atom. The van der Waals surface area contributed by atoms with Crippen LogP contribution < -0.4 is 5.32 Å². The largest absolute Gasteiger partial charge is 0.313 e. The third-order valence-corrected chi connectivity index (χ3v) is 5.60. The molecule has 0 radical (unpaired) electrons. The molecule has 0 saturated carbocycles. The molecule has 2 unspecified atom stereocenters. The van der Waals surface area contributed by atoms with Gasteiger partial charge in [0.15, 0.2) is 0 Å². The molecule has 2 rings (SSSR count). The lowest BCUT2D eigenvalue weighted by Crippen LogP contribution is -2.38. The monoisotopic (exact) mass is 291 g/mol. The van der Waals surface area contributed by atoms with Gasteiger partial charge in [-0.3, -0.25) is 0 Å². The first-order valence-electron chi connectivity index (χ1n) is 8.33. The fourth-order valence-corrected chi connectivity index (χ4v) is 4.42. The van der Waals surface area contributed by atoms with Crippen molar-refractivity contribution < 1.29 is 0 Å². The van der Waals surface area contributed by atoms with Gasteiger partial charge >= 0.3 is 0 Å². The molecule has 0 amide bonds. The van der Waals surface area contributed by atoms with Crippen molar-refractivity contribution in [2.75, 3.05) is 6.54 Å². The van der Waals surface area contributed by atoms with E-state index in [0.29, 0.717) is 6.04 Å². The zero-order valence-corrected chi connectivity index (χ0v) is 13.8. The molecule has 2 heteroatoms. The molecular formula is C18H29NS. The normalized spacial score (nSPS) is 19.0. The first kappa shape index (κ1) is 15.9. The molecule has 1 heterocycles. The van der Waals surface area contributed by atoms with Crippen molar-refractivity contribution in [2.24, 2.45) is 0 Å². The van der Waals surface area contributed by atoms with Gasteiger partial charge in [0.2, 0.25) is 0 Å². The summed E-state index contributed by atoms with van der Waals surface area (Å²) in [6, 6.07) is 9.62. The summed E-state index contributed by atoms with van der Waals surface area (Å²) in [5.41, 5.74) is 1.55. The van der Waals surface area contributed by atoms with Crippen LogP contribution in [0.5, 0.6) is 0 Å². The number of benzene rings is 1. The van der Waals surface area contributed by atoms with Crippen molar-refractivity contribution >= 4 is 11.8 Å². The van der Waals surface area contributed by atoms with Crippen LogP contribution >= 0.6 is 11.8 Å². The first-order chi connectivity index (χ1) is 9.85. The second-order valence-corrected chi connectivity index (χ2v) is 7.16.